The zero-order valence-corrected chi connectivity index (χ0v) is 11.4. The highest BCUT2D eigenvalue weighted by Crippen LogP contribution is 2.24. The number of benzene rings is 2. The molecule has 0 atom stereocenters. The molecule has 0 aliphatic heterocycles. The number of rotatable bonds is 4. The highest BCUT2D eigenvalue weighted by atomic mass is 32.1. The second-order valence-corrected chi connectivity index (χ2v) is 4.84. The summed E-state index contributed by atoms with van der Waals surface area (Å²) in [6.45, 7) is 0. The first kappa shape index (κ1) is 12.5. The molecule has 4 nitrogen and oxygen atoms in total. The van der Waals surface area contributed by atoms with Crippen molar-refractivity contribution in [3.63, 3.8) is 0 Å². The minimum atomic E-state index is 0.768. The van der Waals surface area contributed by atoms with Crippen molar-refractivity contribution >= 4 is 23.4 Å². The van der Waals surface area contributed by atoms with Crippen LogP contribution in [0.5, 0.6) is 0 Å². The highest BCUT2D eigenvalue weighted by molar-refractivity contribution is 7.09. The number of para-hydroxylation sites is 1. The Morgan fingerprint density at radius 3 is 2.40 bits per heavy atom. The van der Waals surface area contributed by atoms with Crippen LogP contribution < -0.4 is 5.43 Å². The molecule has 0 saturated heterocycles. The predicted molar refractivity (Wildman–Crippen MR) is 83.0 cm³/mol. The third-order valence-electron chi connectivity index (χ3n) is 2.70. The Morgan fingerprint density at radius 1 is 0.950 bits per heavy atom. The molecular weight excluding hydrogens is 268 g/mol. The summed E-state index contributed by atoms with van der Waals surface area (Å²) >= 11 is 1.37. The summed E-state index contributed by atoms with van der Waals surface area (Å²) in [7, 11) is 0. The number of anilines is 1. The molecule has 5 heteroatoms. The lowest BCUT2D eigenvalue weighted by molar-refractivity contribution is 1.14. The van der Waals surface area contributed by atoms with Crippen molar-refractivity contribution in [2.75, 3.05) is 5.43 Å². The third-order valence-corrected chi connectivity index (χ3v) is 3.49. The smallest absolute Gasteiger partial charge is 0.126 e. The molecular formula is C15H12N4S. The quantitative estimate of drug-likeness (QED) is 0.586. The van der Waals surface area contributed by atoms with Gasteiger partial charge in [0.2, 0.25) is 0 Å². The molecule has 1 N–H and O–H groups in total. The fraction of sp³-hybridized carbons (Fsp3) is 0. The first-order valence-corrected chi connectivity index (χ1v) is 6.93. The van der Waals surface area contributed by atoms with Gasteiger partial charge >= 0.3 is 0 Å². The Hall–Kier alpha value is -2.53. The van der Waals surface area contributed by atoms with Gasteiger partial charge in [-0.25, -0.2) is 0 Å². The van der Waals surface area contributed by atoms with Crippen molar-refractivity contribution in [3.8, 4) is 10.4 Å². The van der Waals surface area contributed by atoms with Gasteiger partial charge in [0, 0.05) is 0 Å². The normalized spacial score (nSPS) is 10.8. The predicted octanol–water partition coefficient (Wildman–Crippen LogP) is 3.65. The van der Waals surface area contributed by atoms with Crippen LogP contribution in [-0.2, 0) is 0 Å². The molecule has 2 aromatic carbocycles. The maximum absolute atomic E-state index is 4.20. The molecule has 3 rings (SSSR count). The van der Waals surface area contributed by atoms with Gasteiger partial charge < -0.3 is 0 Å². The summed E-state index contributed by atoms with van der Waals surface area (Å²) in [6, 6.07) is 19.8. The highest BCUT2D eigenvalue weighted by Gasteiger charge is 2.07. The van der Waals surface area contributed by atoms with Gasteiger partial charge in [-0.3, -0.25) is 5.43 Å². The average Bonchev–Trinajstić information content (AvgIpc) is 2.98. The largest absolute Gasteiger partial charge is 0.278 e. The zero-order valence-electron chi connectivity index (χ0n) is 10.6. The molecule has 0 radical (unpaired) electrons. The van der Waals surface area contributed by atoms with E-state index in [-0.39, 0.29) is 0 Å². The van der Waals surface area contributed by atoms with E-state index < -0.39 is 0 Å². The number of nitrogens with one attached hydrogen (secondary N) is 1. The van der Waals surface area contributed by atoms with Gasteiger partial charge in [0.15, 0.2) is 0 Å². The molecule has 0 spiro atoms. The zero-order chi connectivity index (χ0) is 13.6. The maximum atomic E-state index is 4.20. The van der Waals surface area contributed by atoms with Gasteiger partial charge in [0.25, 0.3) is 0 Å². The summed E-state index contributed by atoms with van der Waals surface area (Å²) in [5, 5.41) is 8.30. The van der Waals surface area contributed by atoms with Gasteiger partial charge in [0.1, 0.15) is 5.69 Å². The summed E-state index contributed by atoms with van der Waals surface area (Å²) in [4.78, 5) is 1.02. The van der Waals surface area contributed by atoms with Crippen LogP contribution in [0.25, 0.3) is 10.4 Å². The number of hydrazone groups is 1. The molecule has 1 heterocycles. The topological polar surface area (TPSA) is 50.2 Å². The van der Waals surface area contributed by atoms with Crippen LogP contribution in [0.3, 0.4) is 0 Å². The van der Waals surface area contributed by atoms with E-state index in [1.807, 2.05) is 60.7 Å². The summed E-state index contributed by atoms with van der Waals surface area (Å²) in [5.41, 5.74) is 5.77. The van der Waals surface area contributed by atoms with Crippen LogP contribution in [0.2, 0.25) is 0 Å². The van der Waals surface area contributed by atoms with E-state index >= 15 is 0 Å². The fourth-order valence-electron chi connectivity index (χ4n) is 1.75. The maximum Gasteiger partial charge on any atom is 0.126 e. The van der Waals surface area contributed by atoms with E-state index in [9.17, 15) is 0 Å². The van der Waals surface area contributed by atoms with Crippen molar-refractivity contribution in [3.05, 3.63) is 66.4 Å². The molecule has 0 amide bonds. The van der Waals surface area contributed by atoms with E-state index in [1.54, 1.807) is 6.21 Å². The Bertz CT molecular complexity index is 692. The van der Waals surface area contributed by atoms with Crippen LogP contribution in [0.15, 0.2) is 65.8 Å². The van der Waals surface area contributed by atoms with Crippen molar-refractivity contribution in [1.29, 1.82) is 0 Å². The van der Waals surface area contributed by atoms with E-state index in [4.69, 9.17) is 0 Å². The van der Waals surface area contributed by atoms with E-state index in [2.05, 4.69) is 20.1 Å². The van der Waals surface area contributed by atoms with E-state index in [0.29, 0.717) is 0 Å². The summed E-state index contributed by atoms with van der Waals surface area (Å²) in [5.74, 6) is 0. The number of hydrogen-bond acceptors (Lipinski definition) is 5. The molecule has 0 fully saturated rings. The van der Waals surface area contributed by atoms with Gasteiger partial charge in [-0.05, 0) is 29.2 Å². The molecule has 0 aliphatic carbocycles. The van der Waals surface area contributed by atoms with E-state index in [0.717, 1.165) is 21.8 Å². The first-order chi connectivity index (χ1) is 9.93. The number of aromatic nitrogens is 2. The summed E-state index contributed by atoms with van der Waals surface area (Å²) in [6.07, 6.45) is 1.69. The van der Waals surface area contributed by atoms with Crippen LogP contribution in [-0.4, -0.2) is 15.8 Å². The fourth-order valence-corrected chi connectivity index (χ4v) is 2.39. The first-order valence-electron chi connectivity index (χ1n) is 6.15. The molecule has 1 aromatic heterocycles. The lowest BCUT2D eigenvalue weighted by atomic mass is 10.2. The lowest BCUT2D eigenvalue weighted by Gasteiger charge is -1.99. The van der Waals surface area contributed by atoms with Gasteiger partial charge in [-0.2, -0.15) is 5.10 Å². The molecule has 0 bridgehead atoms. The minimum absolute atomic E-state index is 0.768. The average molecular weight is 280 g/mol. The van der Waals surface area contributed by atoms with Crippen LogP contribution in [0.4, 0.5) is 5.69 Å². The monoisotopic (exact) mass is 280 g/mol. The Labute approximate surface area is 121 Å². The van der Waals surface area contributed by atoms with Gasteiger partial charge in [0.05, 0.1) is 16.8 Å². The van der Waals surface area contributed by atoms with Crippen molar-refractivity contribution in [1.82, 2.24) is 9.59 Å². The van der Waals surface area contributed by atoms with Crippen LogP contribution >= 0.6 is 11.5 Å². The number of nitrogens with zero attached hydrogens (tertiary/aromatic N) is 3. The van der Waals surface area contributed by atoms with Gasteiger partial charge in [-0.15, -0.1) is 5.10 Å². The van der Waals surface area contributed by atoms with Crippen molar-refractivity contribution in [2.24, 2.45) is 5.10 Å². The van der Waals surface area contributed by atoms with Crippen molar-refractivity contribution < 1.29 is 0 Å². The standard InChI is InChI=1S/C15H12N4S/c1-3-7-12(8-4-1)15-14(18-19-20-15)11-16-17-13-9-5-2-6-10-13/h1-11,17H. The molecule has 98 valence electrons. The molecule has 0 unspecified atom stereocenters. The molecule has 3 aromatic rings. The Morgan fingerprint density at radius 2 is 1.65 bits per heavy atom. The van der Waals surface area contributed by atoms with E-state index in [1.165, 1.54) is 11.5 Å². The second-order valence-electron chi connectivity index (χ2n) is 4.09. The van der Waals surface area contributed by atoms with Crippen LogP contribution in [0, 0.1) is 0 Å². The Kier molecular flexibility index (Phi) is 3.80. The van der Waals surface area contributed by atoms with Crippen molar-refractivity contribution in [2.45, 2.75) is 0 Å². The Balaban J connectivity index is 1.77. The lowest BCUT2D eigenvalue weighted by Crippen LogP contribution is -1.92. The molecule has 0 saturated carbocycles. The number of hydrogen-bond donors (Lipinski definition) is 1. The molecule has 20 heavy (non-hydrogen) atoms. The van der Waals surface area contributed by atoms with Gasteiger partial charge in [-0.1, -0.05) is 53.0 Å². The molecule has 0 aliphatic rings. The van der Waals surface area contributed by atoms with Crippen LogP contribution in [0.1, 0.15) is 5.69 Å². The second kappa shape index (κ2) is 6.08. The third kappa shape index (κ3) is 2.89. The minimum Gasteiger partial charge on any atom is -0.278 e. The SMILES string of the molecule is C(=NNc1ccccc1)c1nnsc1-c1ccccc1. The summed E-state index contributed by atoms with van der Waals surface area (Å²) < 4.78 is 4.00.